The highest BCUT2D eigenvalue weighted by Crippen LogP contribution is 2.32. The zero-order valence-electron chi connectivity index (χ0n) is 10.8. The van der Waals surface area contributed by atoms with Crippen LogP contribution in [0.15, 0.2) is 52.1 Å². The first-order chi connectivity index (χ1) is 10.2. The zero-order valence-corrected chi connectivity index (χ0v) is 12.4. The third-order valence-electron chi connectivity index (χ3n) is 2.83. The van der Waals surface area contributed by atoms with Crippen molar-refractivity contribution in [1.82, 2.24) is 0 Å². The predicted octanol–water partition coefficient (Wildman–Crippen LogP) is 3.37. The normalized spacial score (nSPS) is 12.6. The number of benzene rings is 2. The molecule has 2 aromatic rings. The highest BCUT2D eigenvalue weighted by atomic mass is 79.9. The Labute approximate surface area is 129 Å². The molecule has 0 fully saturated rings. The minimum Gasteiger partial charge on any atom is -0.454 e. The minimum absolute atomic E-state index is 0.215. The Hall–Kier alpha value is -2.34. The highest BCUT2D eigenvalue weighted by Gasteiger charge is 2.13. The second-order valence-electron chi connectivity index (χ2n) is 4.21. The summed E-state index contributed by atoms with van der Waals surface area (Å²) in [6.07, 6.45) is 1.44. The van der Waals surface area contributed by atoms with E-state index in [1.54, 1.807) is 36.4 Å². The molecule has 0 amide bonds. The summed E-state index contributed by atoms with van der Waals surface area (Å²) in [6.45, 7) is 0.215. The van der Waals surface area contributed by atoms with Crippen molar-refractivity contribution < 1.29 is 19.1 Å². The van der Waals surface area contributed by atoms with Crippen molar-refractivity contribution in [1.29, 1.82) is 0 Å². The van der Waals surface area contributed by atoms with Crippen molar-refractivity contribution in [3.8, 4) is 11.5 Å². The second kappa shape index (κ2) is 5.97. The average Bonchev–Trinajstić information content (AvgIpc) is 2.95. The number of hydrogen-bond donors (Lipinski definition) is 0. The fourth-order valence-electron chi connectivity index (χ4n) is 1.80. The molecule has 0 saturated heterocycles. The van der Waals surface area contributed by atoms with Crippen LogP contribution in [-0.4, -0.2) is 19.0 Å². The minimum atomic E-state index is -0.528. The molecule has 5 nitrogen and oxygen atoms in total. The Morgan fingerprint density at radius 2 is 2.00 bits per heavy atom. The SMILES string of the molecule is O=C(O/N=C\c1ccc2c(c1)OCO2)c1ccccc1Br. The van der Waals surface area contributed by atoms with Crippen LogP contribution in [0.5, 0.6) is 11.5 Å². The molecule has 0 unspecified atom stereocenters. The van der Waals surface area contributed by atoms with E-state index in [0.717, 1.165) is 5.56 Å². The summed E-state index contributed by atoms with van der Waals surface area (Å²) < 4.78 is 11.1. The van der Waals surface area contributed by atoms with E-state index in [1.165, 1.54) is 6.21 Å². The van der Waals surface area contributed by atoms with Gasteiger partial charge in [-0.3, -0.25) is 0 Å². The lowest BCUT2D eigenvalue weighted by molar-refractivity contribution is 0.0518. The summed E-state index contributed by atoms with van der Waals surface area (Å²) in [6, 6.07) is 12.3. The summed E-state index contributed by atoms with van der Waals surface area (Å²) in [5, 5.41) is 3.69. The van der Waals surface area contributed by atoms with Gasteiger partial charge < -0.3 is 14.3 Å². The molecular weight excluding hydrogens is 338 g/mol. The molecule has 0 aromatic heterocycles. The van der Waals surface area contributed by atoms with Crippen LogP contribution in [0.25, 0.3) is 0 Å². The molecule has 2 aromatic carbocycles. The standard InChI is InChI=1S/C15H10BrNO4/c16-12-4-2-1-3-11(12)15(18)21-17-8-10-5-6-13-14(7-10)20-9-19-13/h1-8H,9H2/b17-8-. The maximum Gasteiger partial charge on any atom is 0.366 e. The van der Waals surface area contributed by atoms with E-state index in [1.807, 2.05) is 6.07 Å². The van der Waals surface area contributed by atoms with Gasteiger partial charge in [0.1, 0.15) is 0 Å². The molecule has 0 bridgehead atoms. The number of fused-ring (bicyclic) bond motifs is 1. The van der Waals surface area contributed by atoms with Gasteiger partial charge in [-0.2, -0.15) is 0 Å². The Morgan fingerprint density at radius 1 is 1.19 bits per heavy atom. The van der Waals surface area contributed by atoms with Gasteiger partial charge in [-0.05, 0) is 46.3 Å². The maximum absolute atomic E-state index is 11.8. The molecular formula is C15H10BrNO4. The van der Waals surface area contributed by atoms with Crippen LogP contribution in [0.1, 0.15) is 15.9 Å². The van der Waals surface area contributed by atoms with Crippen molar-refractivity contribution in [3.05, 3.63) is 58.1 Å². The molecule has 0 aliphatic carbocycles. The fraction of sp³-hybridized carbons (Fsp3) is 0.0667. The number of nitrogens with zero attached hydrogens (tertiary/aromatic N) is 1. The third kappa shape index (κ3) is 3.05. The monoisotopic (exact) mass is 347 g/mol. The summed E-state index contributed by atoms with van der Waals surface area (Å²) in [4.78, 5) is 16.7. The van der Waals surface area contributed by atoms with E-state index in [0.29, 0.717) is 21.5 Å². The van der Waals surface area contributed by atoms with Crippen molar-refractivity contribution >= 4 is 28.1 Å². The largest absolute Gasteiger partial charge is 0.454 e. The molecule has 0 N–H and O–H groups in total. The number of carbonyl (C=O) groups excluding carboxylic acids is 1. The van der Waals surface area contributed by atoms with Crippen LogP contribution in [0.3, 0.4) is 0 Å². The van der Waals surface area contributed by atoms with Gasteiger partial charge in [0, 0.05) is 10.0 Å². The van der Waals surface area contributed by atoms with Gasteiger partial charge in [0.2, 0.25) is 6.79 Å². The smallest absolute Gasteiger partial charge is 0.366 e. The van der Waals surface area contributed by atoms with Gasteiger partial charge in [0.15, 0.2) is 11.5 Å². The fourth-order valence-corrected chi connectivity index (χ4v) is 2.25. The molecule has 1 aliphatic heterocycles. The maximum atomic E-state index is 11.8. The van der Waals surface area contributed by atoms with Crippen molar-refractivity contribution in [2.75, 3.05) is 6.79 Å². The lowest BCUT2D eigenvalue weighted by Crippen LogP contribution is -2.01. The van der Waals surface area contributed by atoms with Crippen LogP contribution in [-0.2, 0) is 4.84 Å². The summed E-state index contributed by atoms with van der Waals surface area (Å²) >= 11 is 3.28. The molecule has 0 spiro atoms. The first kappa shape index (κ1) is 13.6. The molecule has 0 radical (unpaired) electrons. The van der Waals surface area contributed by atoms with Crippen LogP contribution >= 0.6 is 15.9 Å². The molecule has 1 heterocycles. The summed E-state index contributed by atoms with van der Waals surface area (Å²) in [5.41, 5.74) is 1.17. The van der Waals surface area contributed by atoms with Crippen LogP contribution in [0, 0.1) is 0 Å². The molecule has 6 heteroatoms. The molecule has 21 heavy (non-hydrogen) atoms. The Bertz CT molecular complexity index is 715. The van der Waals surface area contributed by atoms with Crippen LogP contribution in [0.2, 0.25) is 0 Å². The van der Waals surface area contributed by atoms with E-state index in [2.05, 4.69) is 21.1 Å². The van der Waals surface area contributed by atoms with Crippen molar-refractivity contribution in [3.63, 3.8) is 0 Å². The zero-order chi connectivity index (χ0) is 14.7. The summed E-state index contributed by atoms with van der Waals surface area (Å²) in [7, 11) is 0. The van der Waals surface area contributed by atoms with Crippen LogP contribution < -0.4 is 9.47 Å². The molecule has 106 valence electrons. The first-order valence-corrected chi connectivity index (χ1v) is 6.92. The number of halogens is 1. The molecule has 0 atom stereocenters. The molecule has 0 saturated carbocycles. The number of carbonyl (C=O) groups is 1. The average molecular weight is 348 g/mol. The number of ether oxygens (including phenoxy) is 2. The van der Waals surface area contributed by atoms with Gasteiger partial charge in [-0.25, -0.2) is 4.79 Å². The van der Waals surface area contributed by atoms with E-state index < -0.39 is 5.97 Å². The number of rotatable bonds is 3. The van der Waals surface area contributed by atoms with Gasteiger partial charge >= 0.3 is 5.97 Å². The number of oxime groups is 1. The number of hydrogen-bond acceptors (Lipinski definition) is 5. The lowest BCUT2D eigenvalue weighted by Gasteiger charge is -2.00. The van der Waals surface area contributed by atoms with E-state index in [9.17, 15) is 4.79 Å². The highest BCUT2D eigenvalue weighted by molar-refractivity contribution is 9.10. The van der Waals surface area contributed by atoms with Gasteiger partial charge in [-0.15, -0.1) is 0 Å². The summed E-state index contributed by atoms with van der Waals surface area (Å²) in [5.74, 6) is 0.813. The Morgan fingerprint density at radius 3 is 2.86 bits per heavy atom. The van der Waals surface area contributed by atoms with Gasteiger partial charge in [0.25, 0.3) is 0 Å². The van der Waals surface area contributed by atoms with E-state index in [4.69, 9.17) is 14.3 Å². The van der Waals surface area contributed by atoms with E-state index >= 15 is 0 Å². The Kier molecular flexibility index (Phi) is 3.87. The van der Waals surface area contributed by atoms with Crippen molar-refractivity contribution in [2.24, 2.45) is 5.16 Å². The topological polar surface area (TPSA) is 57.1 Å². The third-order valence-corrected chi connectivity index (χ3v) is 3.52. The first-order valence-electron chi connectivity index (χ1n) is 6.13. The molecule has 1 aliphatic rings. The van der Waals surface area contributed by atoms with E-state index in [-0.39, 0.29) is 6.79 Å². The quantitative estimate of drug-likeness (QED) is 0.485. The molecule has 3 rings (SSSR count). The predicted molar refractivity (Wildman–Crippen MR) is 79.7 cm³/mol. The second-order valence-corrected chi connectivity index (χ2v) is 5.06. The van der Waals surface area contributed by atoms with Gasteiger partial charge in [0.05, 0.1) is 11.8 Å². The van der Waals surface area contributed by atoms with Crippen LogP contribution in [0.4, 0.5) is 0 Å². The van der Waals surface area contributed by atoms with Gasteiger partial charge in [-0.1, -0.05) is 17.3 Å². The lowest BCUT2D eigenvalue weighted by atomic mass is 10.2. The van der Waals surface area contributed by atoms with Crippen molar-refractivity contribution in [2.45, 2.75) is 0 Å². The Balaban J connectivity index is 1.67.